The monoisotopic (exact) mass is 154 g/mol. The summed E-state index contributed by atoms with van der Waals surface area (Å²) < 4.78 is 0. The summed E-state index contributed by atoms with van der Waals surface area (Å²) in [6.07, 6.45) is 2.40. The van der Waals surface area contributed by atoms with Gasteiger partial charge < -0.3 is 5.32 Å². The maximum Gasteiger partial charge on any atom is 0.0842 e. The Morgan fingerprint density at radius 2 is 1.91 bits per heavy atom. The summed E-state index contributed by atoms with van der Waals surface area (Å²) in [4.78, 5) is 0. The Bertz CT molecular complexity index is 124. The van der Waals surface area contributed by atoms with Crippen molar-refractivity contribution in [3.8, 4) is 6.07 Å². The lowest BCUT2D eigenvalue weighted by atomic mass is 10.0. The molecular weight excluding hydrogens is 136 g/mol. The second kappa shape index (κ2) is 6.18. The summed E-state index contributed by atoms with van der Waals surface area (Å²) in [5.74, 6) is 0.765. The van der Waals surface area contributed by atoms with Gasteiger partial charge in [0.2, 0.25) is 0 Å². The molecule has 0 aliphatic heterocycles. The fourth-order valence-electron chi connectivity index (χ4n) is 0.905. The van der Waals surface area contributed by atoms with Gasteiger partial charge in [0.1, 0.15) is 0 Å². The SMILES string of the molecule is CC(C)CCC(C)NCC#N. The first-order valence-electron chi connectivity index (χ1n) is 4.27. The van der Waals surface area contributed by atoms with Gasteiger partial charge in [-0.3, -0.25) is 0 Å². The number of nitrogens with zero attached hydrogens (tertiary/aromatic N) is 1. The summed E-state index contributed by atoms with van der Waals surface area (Å²) in [5.41, 5.74) is 0. The molecule has 0 bridgehead atoms. The molecule has 0 radical (unpaired) electrons. The van der Waals surface area contributed by atoms with E-state index in [1.165, 1.54) is 12.8 Å². The third-order valence-electron chi connectivity index (χ3n) is 1.71. The highest BCUT2D eigenvalue weighted by molar-refractivity contribution is 4.75. The van der Waals surface area contributed by atoms with Crippen LogP contribution in [0.2, 0.25) is 0 Å². The van der Waals surface area contributed by atoms with Crippen molar-refractivity contribution in [1.82, 2.24) is 5.32 Å². The van der Waals surface area contributed by atoms with E-state index in [1.807, 2.05) is 0 Å². The van der Waals surface area contributed by atoms with E-state index < -0.39 is 0 Å². The van der Waals surface area contributed by atoms with Crippen LogP contribution in [0.4, 0.5) is 0 Å². The highest BCUT2D eigenvalue weighted by atomic mass is 14.9. The van der Waals surface area contributed by atoms with E-state index in [1.54, 1.807) is 0 Å². The molecule has 0 saturated carbocycles. The highest BCUT2D eigenvalue weighted by Gasteiger charge is 2.01. The van der Waals surface area contributed by atoms with Crippen LogP contribution < -0.4 is 5.32 Å². The van der Waals surface area contributed by atoms with Gasteiger partial charge in [0.15, 0.2) is 0 Å². The third kappa shape index (κ3) is 7.35. The molecule has 0 heterocycles. The molecule has 2 nitrogen and oxygen atoms in total. The van der Waals surface area contributed by atoms with Gasteiger partial charge in [-0.15, -0.1) is 0 Å². The average Bonchev–Trinajstić information content (AvgIpc) is 1.97. The topological polar surface area (TPSA) is 35.8 Å². The van der Waals surface area contributed by atoms with Crippen LogP contribution in [-0.4, -0.2) is 12.6 Å². The maximum absolute atomic E-state index is 8.28. The van der Waals surface area contributed by atoms with E-state index >= 15 is 0 Å². The number of nitriles is 1. The second-order valence-electron chi connectivity index (χ2n) is 3.41. The van der Waals surface area contributed by atoms with Gasteiger partial charge in [0.05, 0.1) is 12.6 Å². The zero-order valence-electron chi connectivity index (χ0n) is 7.72. The van der Waals surface area contributed by atoms with Crippen molar-refractivity contribution in [2.45, 2.75) is 39.7 Å². The predicted molar refractivity (Wildman–Crippen MR) is 47.1 cm³/mol. The quantitative estimate of drug-likeness (QED) is 0.614. The summed E-state index contributed by atoms with van der Waals surface area (Å²) in [5, 5.41) is 11.4. The Morgan fingerprint density at radius 3 is 2.36 bits per heavy atom. The van der Waals surface area contributed by atoms with Crippen LogP contribution in [0, 0.1) is 17.2 Å². The lowest BCUT2D eigenvalue weighted by molar-refractivity contribution is 0.466. The molecule has 0 aliphatic carbocycles. The number of hydrogen-bond donors (Lipinski definition) is 1. The molecule has 0 rings (SSSR count). The van der Waals surface area contributed by atoms with E-state index in [-0.39, 0.29) is 0 Å². The summed E-state index contributed by atoms with van der Waals surface area (Å²) in [7, 11) is 0. The second-order valence-corrected chi connectivity index (χ2v) is 3.41. The van der Waals surface area contributed by atoms with Crippen molar-refractivity contribution in [2.75, 3.05) is 6.54 Å². The Labute approximate surface area is 69.6 Å². The van der Waals surface area contributed by atoms with Crippen LogP contribution >= 0.6 is 0 Å². The third-order valence-corrected chi connectivity index (χ3v) is 1.71. The standard InChI is InChI=1S/C9H18N2/c1-8(2)4-5-9(3)11-7-6-10/h8-9,11H,4-5,7H2,1-3H3. The van der Waals surface area contributed by atoms with Crippen molar-refractivity contribution in [1.29, 1.82) is 5.26 Å². The van der Waals surface area contributed by atoms with Crippen molar-refractivity contribution in [3.63, 3.8) is 0 Å². The largest absolute Gasteiger partial charge is 0.302 e. The minimum atomic E-state index is 0.471. The Morgan fingerprint density at radius 1 is 1.27 bits per heavy atom. The molecule has 0 spiro atoms. The van der Waals surface area contributed by atoms with Gasteiger partial charge in [-0.1, -0.05) is 13.8 Å². The fraction of sp³-hybridized carbons (Fsp3) is 0.889. The molecule has 64 valence electrons. The van der Waals surface area contributed by atoms with E-state index in [4.69, 9.17) is 5.26 Å². The maximum atomic E-state index is 8.28. The zero-order valence-corrected chi connectivity index (χ0v) is 7.72. The van der Waals surface area contributed by atoms with E-state index in [0.29, 0.717) is 12.6 Å². The van der Waals surface area contributed by atoms with Crippen molar-refractivity contribution >= 4 is 0 Å². The van der Waals surface area contributed by atoms with Gasteiger partial charge in [-0.05, 0) is 25.7 Å². The van der Waals surface area contributed by atoms with Crippen molar-refractivity contribution < 1.29 is 0 Å². The van der Waals surface area contributed by atoms with E-state index in [0.717, 1.165) is 5.92 Å². The average molecular weight is 154 g/mol. The van der Waals surface area contributed by atoms with Crippen LogP contribution in [-0.2, 0) is 0 Å². The highest BCUT2D eigenvalue weighted by Crippen LogP contribution is 2.05. The lowest BCUT2D eigenvalue weighted by Crippen LogP contribution is -2.26. The predicted octanol–water partition coefficient (Wildman–Crippen LogP) is 1.92. The molecule has 1 N–H and O–H groups in total. The molecule has 0 aliphatic rings. The molecule has 11 heavy (non-hydrogen) atoms. The van der Waals surface area contributed by atoms with Gasteiger partial charge in [0, 0.05) is 6.04 Å². The molecule has 0 fully saturated rings. The van der Waals surface area contributed by atoms with Gasteiger partial charge in [0.25, 0.3) is 0 Å². The molecule has 1 atom stereocenters. The molecule has 2 heteroatoms. The lowest BCUT2D eigenvalue weighted by Gasteiger charge is -2.12. The van der Waals surface area contributed by atoms with Gasteiger partial charge >= 0.3 is 0 Å². The smallest absolute Gasteiger partial charge is 0.0842 e. The van der Waals surface area contributed by atoms with Crippen LogP contribution in [0.3, 0.4) is 0 Å². The first-order valence-corrected chi connectivity index (χ1v) is 4.27. The molecule has 0 aromatic carbocycles. The van der Waals surface area contributed by atoms with Crippen LogP contribution in [0.5, 0.6) is 0 Å². The molecule has 0 saturated heterocycles. The van der Waals surface area contributed by atoms with Crippen molar-refractivity contribution in [3.05, 3.63) is 0 Å². The molecule has 1 unspecified atom stereocenters. The van der Waals surface area contributed by atoms with Gasteiger partial charge in [-0.2, -0.15) is 5.26 Å². The number of rotatable bonds is 5. The summed E-state index contributed by atoms with van der Waals surface area (Å²) in [6, 6.07) is 2.56. The number of hydrogen-bond acceptors (Lipinski definition) is 2. The van der Waals surface area contributed by atoms with Crippen LogP contribution in [0.25, 0.3) is 0 Å². The normalized spacial score (nSPS) is 13.0. The summed E-state index contributed by atoms with van der Waals surface area (Å²) >= 11 is 0. The first-order chi connectivity index (χ1) is 5.16. The Hall–Kier alpha value is -0.550. The van der Waals surface area contributed by atoms with E-state index in [9.17, 15) is 0 Å². The van der Waals surface area contributed by atoms with Crippen LogP contribution in [0.1, 0.15) is 33.6 Å². The molecule has 0 aromatic heterocycles. The van der Waals surface area contributed by atoms with E-state index in [2.05, 4.69) is 32.2 Å². The Kier molecular flexibility index (Phi) is 5.87. The minimum Gasteiger partial charge on any atom is -0.302 e. The fourth-order valence-corrected chi connectivity index (χ4v) is 0.905. The van der Waals surface area contributed by atoms with Crippen LogP contribution in [0.15, 0.2) is 0 Å². The molecule has 0 aromatic rings. The number of nitrogens with one attached hydrogen (secondary N) is 1. The van der Waals surface area contributed by atoms with Crippen molar-refractivity contribution in [2.24, 2.45) is 5.92 Å². The summed E-state index contributed by atoms with van der Waals surface area (Å²) in [6.45, 7) is 7.03. The first kappa shape index (κ1) is 10.4. The minimum absolute atomic E-state index is 0.471. The Balaban J connectivity index is 3.23. The molecular formula is C9H18N2. The molecule has 0 amide bonds. The zero-order chi connectivity index (χ0) is 8.69. The van der Waals surface area contributed by atoms with Gasteiger partial charge in [-0.25, -0.2) is 0 Å².